The summed E-state index contributed by atoms with van der Waals surface area (Å²) in [4.78, 5) is 50.4. The van der Waals surface area contributed by atoms with E-state index in [9.17, 15) is 24.8 Å². The van der Waals surface area contributed by atoms with Gasteiger partial charge in [0, 0.05) is 33.8 Å². The number of aliphatic hydroxyl groups is 1. The van der Waals surface area contributed by atoms with Crippen LogP contribution < -0.4 is 15.6 Å². The Morgan fingerprint density at radius 3 is 2.61 bits per heavy atom. The van der Waals surface area contributed by atoms with Crippen LogP contribution in [0.3, 0.4) is 0 Å². The van der Waals surface area contributed by atoms with Crippen LogP contribution in [0.15, 0.2) is 87.6 Å². The molecule has 14 nitrogen and oxygen atoms in total. The van der Waals surface area contributed by atoms with E-state index >= 15 is 0 Å². The van der Waals surface area contributed by atoms with Gasteiger partial charge in [0.1, 0.15) is 18.1 Å². The molecule has 3 N–H and O–H groups in total. The number of aromatic amines is 1. The molecular weight excluding hydrogens is 713 g/mol. The molecule has 0 bridgehead atoms. The van der Waals surface area contributed by atoms with Crippen molar-refractivity contribution in [3.05, 3.63) is 110 Å². The summed E-state index contributed by atoms with van der Waals surface area (Å²) in [5.74, 6) is -0.426. The van der Waals surface area contributed by atoms with Gasteiger partial charge in [0.15, 0.2) is 17.8 Å². The number of imidazole rings is 1. The van der Waals surface area contributed by atoms with Crippen molar-refractivity contribution < 1.29 is 29.0 Å². The van der Waals surface area contributed by atoms with Gasteiger partial charge in [-0.05, 0) is 53.3 Å². The van der Waals surface area contributed by atoms with Crippen molar-refractivity contribution >= 4 is 40.5 Å². The highest BCUT2D eigenvalue weighted by atomic mass is 32.2. The molecule has 1 aliphatic rings. The predicted octanol–water partition coefficient (Wildman–Crippen LogP) is 6.53. The number of aromatic nitrogens is 4. The number of fused-ring (bicyclic) bond motifs is 1. The fraction of sp³-hybridized carbons (Fsp3) is 0.385. The molecule has 0 spiro atoms. The molecule has 284 valence electrons. The Morgan fingerprint density at radius 1 is 1.19 bits per heavy atom. The number of H-pyrrole nitrogens is 1. The van der Waals surface area contributed by atoms with Crippen LogP contribution in [-0.4, -0.2) is 67.5 Å². The van der Waals surface area contributed by atoms with Gasteiger partial charge in [-0.25, -0.2) is 4.98 Å². The number of hydrogen-bond acceptors (Lipinski definition) is 11. The minimum Gasteiger partial charge on any atom is -0.484 e. The van der Waals surface area contributed by atoms with E-state index in [1.165, 1.54) is 10.9 Å². The highest BCUT2D eigenvalue weighted by Crippen LogP contribution is 2.38. The van der Waals surface area contributed by atoms with Crippen molar-refractivity contribution in [2.45, 2.75) is 87.0 Å². The number of anilines is 1. The van der Waals surface area contributed by atoms with Gasteiger partial charge >= 0.3 is 0 Å². The lowest BCUT2D eigenvalue weighted by molar-refractivity contribution is -0.385. The number of nitro groups is 1. The lowest BCUT2D eigenvalue weighted by atomic mass is 9.87. The van der Waals surface area contributed by atoms with Crippen molar-refractivity contribution in [2.24, 2.45) is 0 Å². The van der Waals surface area contributed by atoms with Crippen LogP contribution in [0.25, 0.3) is 11.2 Å². The lowest BCUT2D eigenvalue weighted by Crippen LogP contribution is -2.27. The maximum absolute atomic E-state index is 12.9. The molecule has 54 heavy (non-hydrogen) atoms. The zero-order valence-electron chi connectivity index (χ0n) is 30.8. The maximum atomic E-state index is 12.9. The standard InChI is InChI=1S/C39H44N6O8S/c1-6-24-16-29(45(49)50)28(17-32(24)54-27-10-8-7-9-11-27)23(2)19-51-20-31-30(46)18-34(53-31)44-22-40-35-36(44)42-38(43-37(35)48)41-33(47)21-52-26-14-12-25(13-15-26)39(3,4)5/h7-17,22-23,30-31,34,46H,6,18-21H2,1-5H3,(H2,41,42,43,47,48)/t23?,30-,31+,34+/m0/s1. The minimum absolute atomic E-state index is 0.0178. The first-order chi connectivity index (χ1) is 25.8. The molecule has 4 atom stereocenters. The van der Waals surface area contributed by atoms with Crippen molar-refractivity contribution in [1.29, 1.82) is 0 Å². The third kappa shape index (κ3) is 8.98. The van der Waals surface area contributed by atoms with Crippen molar-refractivity contribution in [3.8, 4) is 5.75 Å². The number of benzene rings is 3. The third-order valence-electron chi connectivity index (χ3n) is 9.23. The smallest absolute Gasteiger partial charge is 0.280 e. The second-order valence-corrected chi connectivity index (χ2v) is 15.4. The number of carbonyl (C=O) groups is 1. The molecule has 0 radical (unpaired) electrons. The lowest BCUT2D eigenvalue weighted by Gasteiger charge is -2.19. The van der Waals surface area contributed by atoms with Gasteiger partial charge in [0.25, 0.3) is 17.2 Å². The quantitative estimate of drug-likeness (QED) is 0.0828. The molecule has 1 aliphatic heterocycles. The molecule has 1 amide bonds. The van der Waals surface area contributed by atoms with E-state index in [0.717, 1.165) is 20.9 Å². The molecule has 0 aliphatic carbocycles. The van der Waals surface area contributed by atoms with E-state index in [1.807, 2.05) is 62.4 Å². The van der Waals surface area contributed by atoms with Crippen molar-refractivity contribution in [1.82, 2.24) is 19.5 Å². The Balaban J connectivity index is 1.08. The molecule has 5 aromatic rings. The SMILES string of the molecule is CCc1cc([N+](=O)[O-])c(C(C)COC[C@H]2O[C@@H](n3cnc4c(=O)[nH]c(NC(=O)COc5ccc(C(C)(C)C)cc5)nc43)C[C@@H]2O)cc1Sc1ccccc1. The molecule has 0 saturated carbocycles. The highest BCUT2D eigenvalue weighted by molar-refractivity contribution is 7.99. The molecular formula is C39H44N6O8S. The van der Waals surface area contributed by atoms with Crippen LogP contribution in [0.4, 0.5) is 11.6 Å². The summed E-state index contributed by atoms with van der Waals surface area (Å²) in [6.07, 6.45) is -0.156. The summed E-state index contributed by atoms with van der Waals surface area (Å²) in [7, 11) is 0. The molecule has 2 aromatic heterocycles. The highest BCUT2D eigenvalue weighted by Gasteiger charge is 2.36. The Morgan fingerprint density at radius 2 is 1.93 bits per heavy atom. The van der Waals surface area contributed by atoms with Crippen LogP contribution >= 0.6 is 11.8 Å². The average molecular weight is 757 g/mol. The number of rotatable bonds is 14. The first-order valence-electron chi connectivity index (χ1n) is 17.8. The summed E-state index contributed by atoms with van der Waals surface area (Å²) in [5, 5.41) is 25.6. The van der Waals surface area contributed by atoms with Crippen LogP contribution in [0, 0.1) is 10.1 Å². The minimum atomic E-state index is -0.911. The zero-order chi connectivity index (χ0) is 38.6. The summed E-state index contributed by atoms with van der Waals surface area (Å²) >= 11 is 1.56. The number of nitrogens with zero attached hydrogens (tertiary/aromatic N) is 4. The number of ether oxygens (including phenoxy) is 3. The Labute approximate surface area is 316 Å². The predicted molar refractivity (Wildman–Crippen MR) is 204 cm³/mol. The van der Waals surface area contributed by atoms with Gasteiger partial charge in [-0.1, -0.05) is 76.7 Å². The normalized spacial score (nSPS) is 17.8. The fourth-order valence-corrected chi connectivity index (χ4v) is 7.29. The van der Waals surface area contributed by atoms with Crippen molar-refractivity contribution in [2.75, 3.05) is 25.1 Å². The Bertz CT molecular complexity index is 2170. The molecule has 1 fully saturated rings. The Hall–Kier alpha value is -5.09. The fourth-order valence-electron chi connectivity index (χ4n) is 6.22. The summed E-state index contributed by atoms with van der Waals surface area (Å²) in [6.45, 7) is 10.0. The van der Waals surface area contributed by atoms with Crippen LogP contribution in [0.2, 0.25) is 0 Å². The van der Waals surface area contributed by atoms with Gasteiger partial charge in [0.05, 0.1) is 30.6 Å². The molecule has 15 heteroatoms. The first kappa shape index (κ1) is 38.6. The van der Waals surface area contributed by atoms with E-state index in [4.69, 9.17) is 14.2 Å². The number of hydrogen-bond donors (Lipinski definition) is 3. The van der Waals surface area contributed by atoms with Gasteiger partial charge in [-0.2, -0.15) is 4.98 Å². The summed E-state index contributed by atoms with van der Waals surface area (Å²) in [6, 6.07) is 20.9. The number of aliphatic hydroxyl groups excluding tert-OH is 1. The average Bonchev–Trinajstić information content (AvgIpc) is 3.73. The second kappa shape index (κ2) is 16.5. The summed E-state index contributed by atoms with van der Waals surface area (Å²) in [5.41, 5.74) is 2.25. The van der Waals surface area contributed by atoms with E-state index in [1.54, 1.807) is 30.0 Å². The number of carbonyl (C=O) groups excluding carboxylic acids is 1. The molecule has 3 aromatic carbocycles. The van der Waals surface area contributed by atoms with Crippen LogP contribution in [-0.2, 0) is 26.1 Å². The third-order valence-corrected chi connectivity index (χ3v) is 10.3. The monoisotopic (exact) mass is 756 g/mol. The van der Waals surface area contributed by atoms with Crippen molar-refractivity contribution in [3.63, 3.8) is 0 Å². The van der Waals surface area contributed by atoms with Gasteiger partial charge in [0.2, 0.25) is 5.95 Å². The maximum Gasteiger partial charge on any atom is 0.280 e. The first-order valence-corrected chi connectivity index (χ1v) is 18.6. The van der Waals surface area contributed by atoms with Gasteiger partial charge in [-0.3, -0.25) is 34.6 Å². The zero-order valence-corrected chi connectivity index (χ0v) is 31.6. The molecule has 1 saturated heterocycles. The number of amides is 1. The number of nitrogens with one attached hydrogen (secondary N) is 2. The Kier molecular flexibility index (Phi) is 11.8. The number of nitro benzene ring substituents is 1. The topological polar surface area (TPSA) is 184 Å². The second-order valence-electron chi connectivity index (χ2n) is 14.3. The van der Waals surface area contributed by atoms with Gasteiger partial charge in [-0.15, -0.1) is 0 Å². The van der Waals surface area contributed by atoms with E-state index in [2.05, 4.69) is 41.0 Å². The van der Waals surface area contributed by atoms with Crippen LogP contribution in [0.1, 0.15) is 69.9 Å². The molecule has 3 heterocycles. The number of aryl methyl sites for hydroxylation is 1. The van der Waals surface area contributed by atoms with Gasteiger partial charge < -0.3 is 19.3 Å². The molecule has 1 unspecified atom stereocenters. The largest absolute Gasteiger partial charge is 0.484 e. The van der Waals surface area contributed by atoms with Crippen LogP contribution in [0.5, 0.6) is 5.75 Å². The molecule has 6 rings (SSSR count). The van der Waals surface area contributed by atoms with E-state index in [0.29, 0.717) is 17.7 Å². The van der Waals surface area contributed by atoms with E-state index in [-0.39, 0.29) is 65.3 Å². The van der Waals surface area contributed by atoms with E-state index < -0.39 is 29.9 Å². The summed E-state index contributed by atoms with van der Waals surface area (Å²) < 4.78 is 19.3.